The van der Waals surface area contributed by atoms with E-state index in [1.54, 1.807) is 18.2 Å². The molecule has 0 radical (unpaired) electrons. The summed E-state index contributed by atoms with van der Waals surface area (Å²) in [4.78, 5) is 29.8. The molecular formula is C25H29ClN2O7. The highest BCUT2D eigenvalue weighted by atomic mass is 35.5. The third-order valence-corrected chi connectivity index (χ3v) is 6.08. The SMILES string of the molecule is COc1cc(/C(O)=C2\C(=O)C(=O)N(CCN(C)C)C2c2ccc(OC)c(OC)c2)c(OC)cc1Cl. The van der Waals surface area contributed by atoms with Crippen molar-refractivity contribution in [2.45, 2.75) is 6.04 Å². The first-order valence-electron chi connectivity index (χ1n) is 10.7. The molecular weight excluding hydrogens is 476 g/mol. The van der Waals surface area contributed by atoms with Gasteiger partial charge >= 0.3 is 0 Å². The second-order valence-electron chi connectivity index (χ2n) is 8.10. The van der Waals surface area contributed by atoms with Gasteiger partial charge in [-0.25, -0.2) is 0 Å². The van der Waals surface area contributed by atoms with Crippen LogP contribution in [-0.2, 0) is 9.59 Å². The summed E-state index contributed by atoms with van der Waals surface area (Å²) in [6, 6.07) is 7.17. The first-order valence-corrected chi connectivity index (χ1v) is 11.1. The molecule has 0 saturated carbocycles. The van der Waals surface area contributed by atoms with Crippen molar-refractivity contribution in [3.63, 3.8) is 0 Å². The van der Waals surface area contributed by atoms with Crippen LogP contribution in [0.2, 0.25) is 5.02 Å². The van der Waals surface area contributed by atoms with Crippen LogP contribution in [0.15, 0.2) is 35.9 Å². The van der Waals surface area contributed by atoms with E-state index in [-0.39, 0.29) is 34.2 Å². The molecule has 2 aromatic rings. The molecule has 1 aliphatic heterocycles. The Morgan fingerprint density at radius 1 is 0.943 bits per heavy atom. The van der Waals surface area contributed by atoms with Gasteiger partial charge in [-0.15, -0.1) is 0 Å². The van der Waals surface area contributed by atoms with E-state index in [9.17, 15) is 14.7 Å². The number of methoxy groups -OCH3 is 4. The van der Waals surface area contributed by atoms with Gasteiger partial charge in [-0.3, -0.25) is 9.59 Å². The second kappa shape index (κ2) is 10.9. The van der Waals surface area contributed by atoms with Crippen LogP contribution in [0.3, 0.4) is 0 Å². The molecule has 1 aliphatic rings. The van der Waals surface area contributed by atoms with Crippen molar-refractivity contribution in [3.8, 4) is 23.0 Å². The number of halogens is 1. The van der Waals surface area contributed by atoms with E-state index in [0.29, 0.717) is 23.6 Å². The van der Waals surface area contributed by atoms with Gasteiger partial charge in [-0.1, -0.05) is 17.7 Å². The molecule has 10 heteroatoms. The summed E-state index contributed by atoms with van der Waals surface area (Å²) < 4.78 is 21.4. The predicted molar refractivity (Wildman–Crippen MR) is 132 cm³/mol. The van der Waals surface area contributed by atoms with Crippen molar-refractivity contribution in [2.24, 2.45) is 0 Å². The molecule has 0 bridgehead atoms. The number of aliphatic hydroxyl groups is 1. The Labute approximate surface area is 209 Å². The zero-order chi connectivity index (χ0) is 25.9. The largest absolute Gasteiger partial charge is 0.507 e. The van der Waals surface area contributed by atoms with E-state index in [2.05, 4.69) is 0 Å². The minimum Gasteiger partial charge on any atom is -0.507 e. The highest BCUT2D eigenvalue weighted by Crippen LogP contribution is 2.44. The highest BCUT2D eigenvalue weighted by Gasteiger charge is 2.46. The first kappa shape index (κ1) is 26.2. The maximum Gasteiger partial charge on any atom is 0.295 e. The van der Waals surface area contributed by atoms with Crippen LogP contribution in [0.25, 0.3) is 5.76 Å². The van der Waals surface area contributed by atoms with Crippen LogP contribution in [0.5, 0.6) is 23.0 Å². The lowest BCUT2D eigenvalue weighted by Gasteiger charge is -2.27. The molecule has 1 atom stereocenters. The van der Waals surface area contributed by atoms with Crippen LogP contribution in [0.4, 0.5) is 0 Å². The number of hydrogen-bond acceptors (Lipinski definition) is 8. The lowest BCUT2D eigenvalue weighted by molar-refractivity contribution is -0.140. The van der Waals surface area contributed by atoms with Gasteiger partial charge < -0.3 is 33.9 Å². The van der Waals surface area contributed by atoms with Gasteiger partial charge in [-0.05, 0) is 37.9 Å². The van der Waals surface area contributed by atoms with Crippen molar-refractivity contribution in [3.05, 3.63) is 52.1 Å². The maximum atomic E-state index is 13.3. The molecule has 9 nitrogen and oxygen atoms in total. The van der Waals surface area contributed by atoms with Crippen LogP contribution in [0.1, 0.15) is 17.2 Å². The normalized spacial score (nSPS) is 17.1. The van der Waals surface area contributed by atoms with Crippen LogP contribution < -0.4 is 18.9 Å². The second-order valence-corrected chi connectivity index (χ2v) is 8.50. The fourth-order valence-electron chi connectivity index (χ4n) is 3.98. The van der Waals surface area contributed by atoms with E-state index in [4.69, 9.17) is 30.5 Å². The summed E-state index contributed by atoms with van der Waals surface area (Å²) in [5.41, 5.74) is 0.663. The summed E-state index contributed by atoms with van der Waals surface area (Å²) in [5.74, 6) is -0.510. The molecule has 2 aromatic carbocycles. The Balaban J connectivity index is 2.27. The number of amides is 1. The fourth-order valence-corrected chi connectivity index (χ4v) is 4.21. The molecule has 1 unspecified atom stereocenters. The zero-order valence-electron chi connectivity index (χ0n) is 20.5. The van der Waals surface area contributed by atoms with E-state index in [1.165, 1.54) is 45.5 Å². The number of likely N-dealkylation sites (N-methyl/N-ethyl adjacent to an activating group) is 1. The lowest BCUT2D eigenvalue weighted by Crippen LogP contribution is -2.35. The third-order valence-electron chi connectivity index (χ3n) is 5.78. The number of Topliss-reactive ketones (excluding diaryl/α,β-unsaturated/α-hetero) is 1. The Morgan fingerprint density at radius 2 is 1.57 bits per heavy atom. The van der Waals surface area contributed by atoms with E-state index in [1.807, 2.05) is 19.0 Å². The number of aliphatic hydroxyl groups excluding tert-OH is 1. The van der Waals surface area contributed by atoms with Crippen molar-refractivity contribution < 1.29 is 33.6 Å². The highest BCUT2D eigenvalue weighted by molar-refractivity contribution is 6.46. The molecule has 1 amide bonds. The lowest BCUT2D eigenvalue weighted by atomic mass is 9.94. The average Bonchev–Trinajstić information content (AvgIpc) is 3.11. The Morgan fingerprint density at radius 3 is 2.14 bits per heavy atom. The van der Waals surface area contributed by atoms with Gasteiger partial charge in [0.2, 0.25) is 0 Å². The minimum atomic E-state index is -0.874. The van der Waals surface area contributed by atoms with Crippen molar-refractivity contribution >= 4 is 29.1 Å². The van der Waals surface area contributed by atoms with Gasteiger partial charge in [0, 0.05) is 19.2 Å². The number of rotatable bonds is 9. The molecule has 1 heterocycles. The van der Waals surface area contributed by atoms with Crippen molar-refractivity contribution in [1.82, 2.24) is 9.80 Å². The third kappa shape index (κ3) is 5.01. The van der Waals surface area contributed by atoms with E-state index in [0.717, 1.165) is 0 Å². The number of ketones is 1. The van der Waals surface area contributed by atoms with Crippen molar-refractivity contribution in [1.29, 1.82) is 0 Å². The Bertz CT molecular complexity index is 1160. The molecule has 0 aliphatic carbocycles. The smallest absolute Gasteiger partial charge is 0.295 e. The number of carbonyl (C=O) groups is 2. The van der Waals surface area contributed by atoms with Gasteiger partial charge in [0.25, 0.3) is 11.7 Å². The fraction of sp³-hybridized carbons (Fsp3) is 0.360. The molecule has 1 N–H and O–H groups in total. The van der Waals surface area contributed by atoms with E-state index < -0.39 is 23.5 Å². The maximum absolute atomic E-state index is 13.3. The Kier molecular flexibility index (Phi) is 8.14. The van der Waals surface area contributed by atoms with Gasteiger partial charge in [0.15, 0.2) is 11.5 Å². The molecule has 1 saturated heterocycles. The van der Waals surface area contributed by atoms with Crippen LogP contribution in [-0.4, -0.2) is 82.2 Å². The monoisotopic (exact) mass is 504 g/mol. The molecule has 0 spiro atoms. The number of carbonyl (C=O) groups excluding carboxylic acids is 2. The standard InChI is InChI=1S/C25H29ClN2O7/c1-27(2)9-10-28-22(14-7-8-17(32-3)20(11-14)35-6)21(24(30)25(28)31)23(29)15-12-19(34-5)16(26)13-18(15)33-4/h7-8,11-13,22,29H,9-10H2,1-6H3/b23-21+. The molecule has 3 rings (SSSR count). The van der Waals surface area contributed by atoms with Gasteiger partial charge in [0.1, 0.15) is 17.3 Å². The average molecular weight is 505 g/mol. The number of hydrogen-bond donors (Lipinski definition) is 1. The van der Waals surface area contributed by atoms with Crippen LogP contribution >= 0.6 is 11.6 Å². The summed E-state index contributed by atoms with van der Waals surface area (Å²) in [6.07, 6.45) is 0. The van der Waals surface area contributed by atoms with Gasteiger partial charge in [-0.2, -0.15) is 0 Å². The van der Waals surface area contributed by atoms with E-state index >= 15 is 0 Å². The number of likely N-dealkylation sites (tertiary alicyclic amines) is 1. The number of benzene rings is 2. The number of nitrogens with zero attached hydrogens (tertiary/aromatic N) is 2. The molecule has 35 heavy (non-hydrogen) atoms. The molecule has 1 fully saturated rings. The predicted octanol–water partition coefficient (Wildman–Crippen LogP) is 3.36. The van der Waals surface area contributed by atoms with Crippen molar-refractivity contribution in [2.75, 3.05) is 55.6 Å². The zero-order valence-corrected chi connectivity index (χ0v) is 21.3. The molecule has 188 valence electrons. The van der Waals surface area contributed by atoms with Crippen LogP contribution in [0, 0.1) is 0 Å². The number of ether oxygens (including phenoxy) is 4. The van der Waals surface area contributed by atoms with Gasteiger partial charge in [0.05, 0.1) is 50.6 Å². The first-order chi connectivity index (χ1) is 16.7. The summed E-state index contributed by atoms with van der Waals surface area (Å²) in [5, 5.41) is 11.7. The summed E-state index contributed by atoms with van der Waals surface area (Å²) in [7, 11) is 9.59. The minimum absolute atomic E-state index is 0.0800. The summed E-state index contributed by atoms with van der Waals surface area (Å²) >= 11 is 6.21. The quantitative estimate of drug-likeness (QED) is 0.315. The summed E-state index contributed by atoms with van der Waals surface area (Å²) in [6.45, 7) is 0.767. The topological polar surface area (TPSA) is 97.8 Å². The Hall–Kier alpha value is -3.43. The molecule has 0 aromatic heterocycles.